The van der Waals surface area contributed by atoms with Crippen molar-refractivity contribution >= 4 is 23.9 Å². The van der Waals surface area contributed by atoms with Gasteiger partial charge in [0.15, 0.2) is 0 Å². The first kappa shape index (κ1) is 11.9. The minimum absolute atomic E-state index is 0.746. The molecule has 0 amide bonds. The molecule has 6 atom stereocenters. The number of hydrogen-bond acceptors (Lipinski definition) is 5. The quantitative estimate of drug-likeness (QED) is 0.393. The van der Waals surface area contributed by atoms with E-state index in [1.165, 1.54) is 12.2 Å². The molecule has 7 heteroatoms. The van der Waals surface area contributed by atoms with Crippen molar-refractivity contribution in [3.05, 3.63) is 12.2 Å². The fourth-order valence-electron chi connectivity index (χ4n) is 3.62. The topological polar surface area (TPSA) is 118 Å². The van der Waals surface area contributed by atoms with Crippen LogP contribution in [0, 0.1) is 35.5 Å². The standard InChI is InChI=1S/C12H10O7/c13-9(14)5-3-1-2-4(6(5)10(15)16)8-7(3)11(17)19-12(8)18/h1-8H,(H,13,14)(H,15,16). The van der Waals surface area contributed by atoms with Crippen LogP contribution in [0.3, 0.4) is 0 Å². The van der Waals surface area contributed by atoms with Crippen molar-refractivity contribution in [2.24, 2.45) is 35.5 Å². The Morgan fingerprint density at radius 2 is 1.26 bits per heavy atom. The van der Waals surface area contributed by atoms with E-state index in [-0.39, 0.29) is 0 Å². The van der Waals surface area contributed by atoms with Gasteiger partial charge in [-0.15, -0.1) is 0 Å². The largest absolute Gasteiger partial charge is 0.481 e. The Hall–Kier alpha value is -2.18. The minimum Gasteiger partial charge on any atom is -0.481 e. The molecule has 4 aliphatic rings. The number of ether oxygens (including phenoxy) is 1. The van der Waals surface area contributed by atoms with E-state index >= 15 is 0 Å². The Bertz CT molecular complexity index is 488. The second-order valence-electron chi connectivity index (χ2n) is 5.06. The number of cyclic esters (lactones) is 2. The third kappa shape index (κ3) is 1.38. The molecule has 1 saturated heterocycles. The van der Waals surface area contributed by atoms with E-state index in [1.54, 1.807) is 0 Å². The predicted molar refractivity (Wildman–Crippen MR) is 56.5 cm³/mol. The molecule has 2 fully saturated rings. The first-order chi connectivity index (χ1) is 8.93. The number of aliphatic carboxylic acids is 2. The van der Waals surface area contributed by atoms with Gasteiger partial charge in [0, 0.05) is 11.8 Å². The highest BCUT2D eigenvalue weighted by Crippen LogP contribution is 2.54. The predicted octanol–water partition coefficient (Wildman–Crippen LogP) is -0.480. The van der Waals surface area contributed by atoms with Gasteiger partial charge in [-0.05, 0) is 0 Å². The number of carbonyl (C=O) groups is 4. The molecule has 1 heterocycles. The van der Waals surface area contributed by atoms with Crippen LogP contribution in [0.5, 0.6) is 0 Å². The monoisotopic (exact) mass is 266 g/mol. The van der Waals surface area contributed by atoms with Gasteiger partial charge in [0.1, 0.15) is 0 Å². The second kappa shape index (κ2) is 3.66. The lowest BCUT2D eigenvalue weighted by Crippen LogP contribution is -2.54. The van der Waals surface area contributed by atoms with Gasteiger partial charge in [0.05, 0.1) is 23.7 Å². The summed E-state index contributed by atoms with van der Waals surface area (Å²) < 4.78 is 4.54. The first-order valence-electron chi connectivity index (χ1n) is 5.83. The molecule has 6 unspecified atom stereocenters. The van der Waals surface area contributed by atoms with Gasteiger partial charge in [0.2, 0.25) is 0 Å². The highest BCUT2D eigenvalue weighted by molar-refractivity contribution is 5.99. The summed E-state index contributed by atoms with van der Waals surface area (Å²) in [6, 6.07) is 0. The minimum atomic E-state index is -1.27. The van der Waals surface area contributed by atoms with E-state index in [4.69, 9.17) is 0 Å². The summed E-state index contributed by atoms with van der Waals surface area (Å²) in [7, 11) is 0. The maximum atomic E-state index is 11.6. The smallest absolute Gasteiger partial charge is 0.318 e. The zero-order valence-corrected chi connectivity index (χ0v) is 9.55. The van der Waals surface area contributed by atoms with Gasteiger partial charge < -0.3 is 14.9 Å². The molecule has 19 heavy (non-hydrogen) atoms. The van der Waals surface area contributed by atoms with Crippen molar-refractivity contribution in [2.75, 3.05) is 0 Å². The van der Waals surface area contributed by atoms with Crippen molar-refractivity contribution in [1.29, 1.82) is 0 Å². The average molecular weight is 266 g/mol. The summed E-state index contributed by atoms with van der Waals surface area (Å²) in [5.41, 5.74) is 0. The van der Waals surface area contributed by atoms with Crippen molar-refractivity contribution in [3.8, 4) is 0 Å². The molecule has 2 bridgehead atoms. The SMILES string of the molecule is O=C(O)C1C2C=CC(C1C(=O)O)C1C(=O)OC(=O)C21. The van der Waals surface area contributed by atoms with Gasteiger partial charge in [-0.3, -0.25) is 19.2 Å². The zero-order chi connectivity index (χ0) is 13.9. The van der Waals surface area contributed by atoms with Crippen LogP contribution >= 0.6 is 0 Å². The first-order valence-corrected chi connectivity index (χ1v) is 5.83. The maximum absolute atomic E-state index is 11.6. The Kier molecular flexibility index (Phi) is 2.29. The molecule has 0 aromatic heterocycles. The molecular weight excluding hydrogens is 256 g/mol. The summed E-state index contributed by atoms with van der Waals surface area (Å²) in [4.78, 5) is 45.9. The van der Waals surface area contributed by atoms with E-state index in [0.29, 0.717) is 0 Å². The number of hydrogen-bond donors (Lipinski definition) is 2. The lowest BCUT2D eigenvalue weighted by Gasteiger charge is -2.45. The maximum Gasteiger partial charge on any atom is 0.318 e. The third-order valence-electron chi connectivity index (χ3n) is 4.30. The molecule has 0 radical (unpaired) electrons. The molecule has 3 aliphatic carbocycles. The number of fused-ring (bicyclic) bond motifs is 1. The molecule has 7 nitrogen and oxygen atoms in total. The van der Waals surface area contributed by atoms with Crippen LogP contribution in [0.2, 0.25) is 0 Å². The van der Waals surface area contributed by atoms with E-state index < -0.39 is 59.4 Å². The highest BCUT2D eigenvalue weighted by Gasteiger charge is 2.64. The average Bonchev–Trinajstić information content (AvgIpc) is 2.66. The summed E-state index contributed by atoms with van der Waals surface area (Å²) in [5, 5.41) is 18.4. The summed E-state index contributed by atoms with van der Waals surface area (Å²) in [6.45, 7) is 0. The molecule has 1 saturated carbocycles. The van der Waals surface area contributed by atoms with Crippen molar-refractivity contribution in [2.45, 2.75) is 0 Å². The number of esters is 2. The lowest BCUT2D eigenvalue weighted by molar-refractivity contribution is -0.166. The fourth-order valence-corrected chi connectivity index (χ4v) is 3.62. The fraction of sp³-hybridized carbons (Fsp3) is 0.500. The summed E-state index contributed by atoms with van der Waals surface area (Å²) >= 11 is 0. The molecule has 4 rings (SSSR count). The van der Waals surface area contributed by atoms with Crippen LogP contribution in [-0.4, -0.2) is 34.1 Å². The number of allylic oxidation sites excluding steroid dienone is 2. The van der Waals surface area contributed by atoms with Crippen LogP contribution in [0.4, 0.5) is 0 Å². The summed E-state index contributed by atoms with van der Waals surface area (Å²) in [5.74, 6) is -9.75. The number of rotatable bonds is 2. The molecule has 0 aromatic carbocycles. The Labute approximate surface area is 106 Å². The molecule has 2 N–H and O–H groups in total. The van der Waals surface area contributed by atoms with Crippen LogP contribution in [-0.2, 0) is 23.9 Å². The van der Waals surface area contributed by atoms with Gasteiger partial charge in [-0.1, -0.05) is 12.2 Å². The Balaban J connectivity index is 2.11. The van der Waals surface area contributed by atoms with Gasteiger partial charge in [-0.25, -0.2) is 0 Å². The van der Waals surface area contributed by atoms with E-state index in [2.05, 4.69) is 4.74 Å². The van der Waals surface area contributed by atoms with Gasteiger partial charge in [-0.2, -0.15) is 0 Å². The zero-order valence-electron chi connectivity index (χ0n) is 9.55. The molecule has 0 aromatic rings. The van der Waals surface area contributed by atoms with E-state index in [9.17, 15) is 29.4 Å². The molecule has 0 spiro atoms. The normalized spacial score (nSPS) is 42.9. The third-order valence-corrected chi connectivity index (χ3v) is 4.30. The molecule has 100 valence electrons. The molecular formula is C12H10O7. The van der Waals surface area contributed by atoms with Crippen LogP contribution in [0.15, 0.2) is 12.2 Å². The van der Waals surface area contributed by atoms with Gasteiger partial charge in [0.25, 0.3) is 0 Å². The number of carboxylic acid groups (broad SMARTS) is 2. The van der Waals surface area contributed by atoms with Crippen LogP contribution in [0.25, 0.3) is 0 Å². The van der Waals surface area contributed by atoms with Crippen molar-refractivity contribution in [1.82, 2.24) is 0 Å². The highest BCUT2D eigenvalue weighted by atomic mass is 16.6. The van der Waals surface area contributed by atoms with E-state index in [0.717, 1.165) is 0 Å². The Morgan fingerprint density at radius 1 is 0.895 bits per heavy atom. The van der Waals surface area contributed by atoms with Crippen molar-refractivity contribution in [3.63, 3.8) is 0 Å². The number of carboxylic acids is 2. The van der Waals surface area contributed by atoms with Crippen LogP contribution < -0.4 is 0 Å². The Morgan fingerprint density at radius 3 is 1.58 bits per heavy atom. The number of carbonyl (C=O) groups excluding carboxylic acids is 2. The van der Waals surface area contributed by atoms with Gasteiger partial charge >= 0.3 is 23.9 Å². The second-order valence-corrected chi connectivity index (χ2v) is 5.06. The van der Waals surface area contributed by atoms with Crippen molar-refractivity contribution < 1.29 is 34.1 Å². The van der Waals surface area contributed by atoms with Crippen LogP contribution in [0.1, 0.15) is 0 Å². The summed E-state index contributed by atoms with van der Waals surface area (Å²) in [6.07, 6.45) is 3.06. The molecule has 1 aliphatic heterocycles. The lowest BCUT2D eigenvalue weighted by atomic mass is 9.54. The van der Waals surface area contributed by atoms with E-state index in [1.807, 2.05) is 0 Å².